The average molecular weight is 455 g/mol. The van der Waals surface area contributed by atoms with E-state index in [1.807, 2.05) is 30.3 Å². The lowest BCUT2D eigenvalue weighted by molar-refractivity contribution is -0.140. The predicted octanol–water partition coefficient (Wildman–Crippen LogP) is 2.12. The van der Waals surface area contributed by atoms with Crippen molar-refractivity contribution >= 4 is 47.3 Å². The van der Waals surface area contributed by atoms with Gasteiger partial charge in [-0.1, -0.05) is 59.6 Å². The van der Waals surface area contributed by atoms with Crippen LogP contribution < -0.4 is 11.1 Å². The summed E-state index contributed by atoms with van der Waals surface area (Å²) in [6, 6.07) is 13.2. The van der Waals surface area contributed by atoms with Crippen LogP contribution in [0.4, 0.5) is 0 Å². The minimum absolute atomic E-state index is 0.137. The first kappa shape index (κ1) is 25.1. The molecule has 0 fully saturated rings. The van der Waals surface area contributed by atoms with Gasteiger partial charge in [-0.25, -0.2) is 0 Å². The number of hydrogen-bond donors (Lipinski definition) is 4. The molecule has 0 bridgehead atoms. The maximum atomic E-state index is 11.4. The molecule has 2 atom stereocenters. The summed E-state index contributed by atoms with van der Waals surface area (Å²) >= 11 is 11.5. The van der Waals surface area contributed by atoms with Crippen molar-refractivity contribution in [3.8, 4) is 0 Å². The molecule has 5 N–H and O–H groups in total. The fraction of sp³-hybridized carbons (Fsp3) is 0.200. The highest BCUT2D eigenvalue weighted by Crippen LogP contribution is 2.30. The fourth-order valence-corrected chi connectivity index (χ4v) is 2.94. The lowest BCUT2D eigenvalue weighted by Crippen LogP contribution is -2.43. The number of benzene rings is 2. The first-order valence-corrected chi connectivity index (χ1v) is 9.34. The Morgan fingerprint density at radius 2 is 1.57 bits per heavy atom. The summed E-state index contributed by atoms with van der Waals surface area (Å²) in [4.78, 5) is 42.8. The van der Waals surface area contributed by atoms with Crippen LogP contribution in [0.25, 0.3) is 0 Å². The van der Waals surface area contributed by atoms with Gasteiger partial charge in [-0.05, 0) is 24.1 Å². The molecule has 0 spiro atoms. The minimum atomic E-state index is -1.31. The summed E-state index contributed by atoms with van der Waals surface area (Å²) in [5.74, 6) is -4.11. The van der Waals surface area contributed by atoms with E-state index in [1.54, 1.807) is 6.07 Å². The summed E-state index contributed by atoms with van der Waals surface area (Å²) < 4.78 is 0. The first-order valence-electron chi connectivity index (χ1n) is 8.58. The number of carbonyl (C=O) groups excluding carboxylic acids is 2. The van der Waals surface area contributed by atoms with Gasteiger partial charge in [0.2, 0.25) is 5.91 Å². The van der Waals surface area contributed by atoms with Crippen molar-refractivity contribution in [3.63, 3.8) is 0 Å². The predicted molar refractivity (Wildman–Crippen MR) is 112 cm³/mol. The summed E-state index contributed by atoms with van der Waals surface area (Å²) in [5, 5.41) is 19.7. The number of carboxylic acids is 2. The number of carbonyl (C=O) groups is 4. The quantitative estimate of drug-likeness (QED) is 0.352. The number of amides is 1. The van der Waals surface area contributed by atoms with E-state index in [-0.39, 0.29) is 15.6 Å². The molecule has 2 aromatic rings. The topological polar surface area (TPSA) is 147 Å². The second-order valence-electron chi connectivity index (χ2n) is 6.00. The van der Waals surface area contributed by atoms with E-state index >= 15 is 0 Å². The molecular weight excluding hydrogens is 435 g/mol. The highest BCUT2D eigenvalue weighted by atomic mass is 35.5. The maximum absolute atomic E-state index is 11.4. The minimum Gasteiger partial charge on any atom is -0.480 e. The van der Waals surface area contributed by atoms with Gasteiger partial charge in [0.1, 0.15) is 18.7 Å². The Morgan fingerprint density at radius 1 is 1.00 bits per heavy atom. The van der Waals surface area contributed by atoms with E-state index in [1.165, 1.54) is 12.1 Å². The van der Waals surface area contributed by atoms with Crippen LogP contribution in [-0.4, -0.2) is 46.9 Å². The van der Waals surface area contributed by atoms with Crippen molar-refractivity contribution in [2.75, 3.05) is 6.54 Å². The Morgan fingerprint density at radius 3 is 2.03 bits per heavy atom. The van der Waals surface area contributed by atoms with Crippen molar-refractivity contribution in [1.82, 2.24) is 5.32 Å². The summed E-state index contributed by atoms with van der Waals surface area (Å²) in [6.07, 6.45) is 0.696. The molecule has 0 saturated carbocycles. The molecule has 2 aromatic carbocycles. The van der Waals surface area contributed by atoms with Crippen LogP contribution in [0.5, 0.6) is 0 Å². The molecule has 0 aliphatic rings. The summed E-state index contributed by atoms with van der Waals surface area (Å²) in [7, 11) is 0. The Hall–Kier alpha value is -2.94. The number of halogens is 2. The van der Waals surface area contributed by atoms with Crippen LogP contribution in [0.2, 0.25) is 10.0 Å². The van der Waals surface area contributed by atoms with Gasteiger partial charge in [-0.2, -0.15) is 0 Å². The molecular formula is C20H20Cl2N2O6. The molecule has 0 aliphatic carbocycles. The Kier molecular flexibility index (Phi) is 10.5. The number of carboxylic acid groups (broad SMARTS) is 2. The standard InChI is InChI=1S/C11H14N2O3.C9H6Cl2O3/c12-9(11(16)13-7-10(14)15)6-8-4-2-1-3-5-8;10-6-2-1-3-7(11)8(6)5(4-12)9(13)14/h1-5,9H,6-7,12H2,(H,13,16)(H,14,15);1-5H,(H,13,14)/t9-;/m0./s1. The number of aliphatic carboxylic acids is 2. The highest BCUT2D eigenvalue weighted by Gasteiger charge is 2.24. The molecule has 1 amide bonds. The molecule has 160 valence electrons. The number of aldehydes is 1. The van der Waals surface area contributed by atoms with Crippen LogP contribution >= 0.6 is 23.2 Å². The largest absolute Gasteiger partial charge is 0.480 e. The third-order valence-electron chi connectivity index (χ3n) is 3.76. The van der Waals surface area contributed by atoms with Gasteiger partial charge in [0, 0.05) is 15.6 Å². The van der Waals surface area contributed by atoms with Crippen molar-refractivity contribution in [2.45, 2.75) is 18.4 Å². The number of nitrogens with one attached hydrogen (secondary N) is 1. The molecule has 30 heavy (non-hydrogen) atoms. The zero-order valence-electron chi connectivity index (χ0n) is 15.6. The van der Waals surface area contributed by atoms with Crippen molar-refractivity contribution in [2.24, 2.45) is 5.73 Å². The van der Waals surface area contributed by atoms with Crippen LogP contribution in [0.3, 0.4) is 0 Å². The second kappa shape index (κ2) is 12.6. The van der Waals surface area contributed by atoms with Gasteiger partial charge in [-0.3, -0.25) is 14.4 Å². The van der Waals surface area contributed by atoms with Gasteiger partial charge >= 0.3 is 11.9 Å². The van der Waals surface area contributed by atoms with Crippen molar-refractivity contribution < 1.29 is 29.4 Å². The third kappa shape index (κ3) is 8.20. The zero-order chi connectivity index (χ0) is 22.7. The van der Waals surface area contributed by atoms with Gasteiger partial charge in [0.15, 0.2) is 0 Å². The van der Waals surface area contributed by atoms with E-state index in [9.17, 15) is 19.2 Å². The molecule has 1 unspecified atom stereocenters. The summed E-state index contributed by atoms with van der Waals surface area (Å²) in [6.45, 7) is -0.401. The van der Waals surface area contributed by atoms with Crippen molar-refractivity contribution in [1.29, 1.82) is 0 Å². The van der Waals surface area contributed by atoms with E-state index < -0.39 is 36.4 Å². The van der Waals surface area contributed by atoms with E-state index in [4.69, 9.17) is 39.1 Å². The number of hydrogen-bond acceptors (Lipinski definition) is 5. The van der Waals surface area contributed by atoms with Gasteiger partial charge in [-0.15, -0.1) is 0 Å². The monoisotopic (exact) mass is 454 g/mol. The van der Waals surface area contributed by atoms with Gasteiger partial charge < -0.3 is 26.1 Å². The highest BCUT2D eigenvalue weighted by molar-refractivity contribution is 6.36. The zero-order valence-corrected chi connectivity index (χ0v) is 17.1. The molecule has 8 nitrogen and oxygen atoms in total. The van der Waals surface area contributed by atoms with Crippen LogP contribution in [-0.2, 0) is 25.6 Å². The van der Waals surface area contributed by atoms with E-state index in [2.05, 4.69) is 5.32 Å². The fourth-order valence-electron chi connectivity index (χ4n) is 2.31. The van der Waals surface area contributed by atoms with Crippen LogP contribution in [0, 0.1) is 0 Å². The van der Waals surface area contributed by atoms with Crippen LogP contribution in [0.1, 0.15) is 17.0 Å². The van der Waals surface area contributed by atoms with Gasteiger partial charge in [0.25, 0.3) is 0 Å². The van der Waals surface area contributed by atoms with Crippen molar-refractivity contribution in [3.05, 3.63) is 69.7 Å². The van der Waals surface area contributed by atoms with E-state index in [0.29, 0.717) is 12.7 Å². The maximum Gasteiger partial charge on any atom is 0.322 e. The summed E-state index contributed by atoms with van der Waals surface area (Å²) in [5.41, 5.74) is 6.71. The molecule has 0 radical (unpaired) electrons. The van der Waals surface area contributed by atoms with E-state index in [0.717, 1.165) is 5.56 Å². The Labute approximate surface area is 182 Å². The van der Waals surface area contributed by atoms with Crippen LogP contribution in [0.15, 0.2) is 48.5 Å². The number of nitrogens with two attached hydrogens (primary N) is 1. The lowest BCUT2D eigenvalue weighted by atomic mass is 10.0. The second-order valence-corrected chi connectivity index (χ2v) is 6.81. The first-order chi connectivity index (χ1) is 14.2. The van der Waals surface area contributed by atoms with Gasteiger partial charge in [0.05, 0.1) is 6.04 Å². The molecule has 0 aromatic heterocycles. The Balaban J connectivity index is 0.000000303. The average Bonchev–Trinajstić information content (AvgIpc) is 2.70. The lowest BCUT2D eigenvalue weighted by Gasteiger charge is -2.10. The molecule has 0 saturated heterocycles. The SMILES string of the molecule is N[C@@H](Cc1ccccc1)C(=O)NCC(=O)O.O=CC(C(=O)O)c1c(Cl)cccc1Cl. The third-order valence-corrected chi connectivity index (χ3v) is 4.42. The molecule has 0 aliphatic heterocycles. The molecule has 2 rings (SSSR count). The molecule has 0 heterocycles. The normalized spacial score (nSPS) is 12.0. The molecule has 10 heteroatoms. The number of rotatable bonds is 8. The Bertz CT molecular complexity index is 872. The smallest absolute Gasteiger partial charge is 0.322 e.